The summed E-state index contributed by atoms with van der Waals surface area (Å²) in [5.74, 6) is 0. The van der Waals surface area contributed by atoms with Crippen LogP contribution in [0, 0.1) is 0 Å². The molecule has 0 aromatic heterocycles. The van der Waals surface area contributed by atoms with E-state index >= 15 is 0 Å². The molecule has 1 aliphatic carbocycles. The van der Waals surface area contributed by atoms with E-state index in [0.717, 1.165) is 12.8 Å². The van der Waals surface area contributed by atoms with E-state index in [4.69, 9.17) is 11.6 Å². The summed E-state index contributed by atoms with van der Waals surface area (Å²) in [6.07, 6.45) is 4.74. The summed E-state index contributed by atoms with van der Waals surface area (Å²) in [7, 11) is 0. The minimum absolute atomic E-state index is 0.174. The highest BCUT2D eigenvalue weighted by Crippen LogP contribution is 2.39. The van der Waals surface area contributed by atoms with Crippen LogP contribution >= 0.6 is 27.5 Å². The molecule has 88 valence electrons. The molecule has 0 saturated carbocycles. The minimum atomic E-state index is 0.174. The SMILES string of the molecule is ClC1CCCCc2c1cc(Br)c1ccccc21. The average Bonchev–Trinajstić information content (AvgIpc) is 2.53. The predicted octanol–water partition coefficient (Wildman–Crippen LogP) is 5.61. The second-order valence-corrected chi connectivity index (χ2v) is 6.07. The number of aryl methyl sites for hydroxylation is 1. The monoisotopic (exact) mass is 308 g/mol. The highest BCUT2D eigenvalue weighted by atomic mass is 79.9. The second-order valence-electron chi connectivity index (χ2n) is 4.69. The quantitative estimate of drug-likeness (QED) is 0.438. The third kappa shape index (κ3) is 2.00. The van der Waals surface area contributed by atoms with Crippen molar-refractivity contribution in [2.24, 2.45) is 0 Å². The topological polar surface area (TPSA) is 0 Å². The zero-order valence-corrected chi connectivity index (χ0v) is 11.9. The Bertz CT molecular complexity index is 562. The first-order valence-electron chi connectivity index (χ1n) is 6.11. The van der Waals surface area contributed by atoms with Crippen molar-refractivity contribution in [2.75, 3.05) is 0 Å². The molecule has 2 aromatic carbocycles. The van der Waals surface area contributed by atoms with Crippen molar-refractivity contribution in [3.8, 4) is 0 Å². The molecule has 0 saturated heterocycles. The van der Waals surface area contributed by atoms with Gasteiger partial charge in [0.05, 0.1) is 5.38 Å². The maximum atomic E-state index is 6.50. The van der Waals surface area contributed by atoms with Crippen LogP contribution in [0.3, 0.4) is 0 Å². The molecule has 1 atom stereocenters. The third-order valence-electron chi connectivity index (χ3n) is 3.61. The van der Waals surface area contributed by atoms with Gasteiger partial charge in [-0.15, -0.1) is 11.6 Å². The second kappa shape index (κ2) is 4.62. The molecule has 0 N–H and O–H groups in total. The first-order chi connectivity index (χ1) is 8.27. The van der Waals surface area contributed by atoms with Gasteiger partial charge in [-0.25, -0.2) is 0 Å². The molecule has 0 heterocycles. The fraction of sp³-hybridized carbons (Fsp3) is 0.333. The van der Waals surface area contributed by atoms with E-state index in [-0.39, 0.29) is 5.38 Å². The third-order valence-corrected chi connectivity index (χ3v) is 4.72. The Hall–Kier alpha value is -0.530. The van der Waals surface area contributed by atoms with Crippen molar-refractivity contribution in [1.29, 1.82) is 0 Å². The van der Waals surface area contributed by atoms with Crippen LogP contribution in [0.1, 0.15) is 35.8 Å². The van der Waals surface area contributed by atoms with Crippen molar-refractivity contribution < 1.29 is 0 Å². The molecule has 0 fully saturated rings. The van der Waals surface area contributed by atoms with Crippen LogP contribution in [-0.4, -0.2) is 0 Å². The zero-order valence-electron chi connectivity index (χ0n) is 9.55. The molecule has 0 bridgehead atoms. The Balaban J connectivity index is 2.34. The molecule has 2 heteroatoms. The summed E-state index contributed by atoms with van der Waals surface area (Å²) in [5.41, 5.74) is 2.79. The van der Waals surface area contributed by atoms with Crippen LogP contribution in [0.4, 0.5) is 0 Å². The van der Waals surface area contributed by atoms with Crippen LogP contribution in [0.2, 0.25) is 0 Å². The van der Waals surface area contributed by atoms with Crippen molar-refractivity contribution in [3.63, 3.8) is 0 Å². The van der Waals surface area contributed by atoms with Crippen molar-refractivity contribution >= 4 is 38.3 Å². The van der Waals surface area contributed by atoms with E-state index in [1.807, 2.05) is 0 Å². The van der Waals surface area contributed by atoms with Gasteiger partial charge in [0, 0.05) is 4.47 Å². The van der Waals surface area contributed by atoms with Gasteiger partial charge in [0.15, 0.2) is 0 Å². The lowest BCUT2D eigenvalue weighted by molar-refractivity contribution is 0.700. The number of halogens is 2. The fourth-order valence-corrected chi connectivity index (χ4v) is 3.69. The molecule has 1 aliphatic rings. The van der Waals surface area contributed by atoms with Crippen LogP contribution in [0.5, 0.6) is 0 Å². The van der Waals surface area contributed by atoms with E-state index in [9.17, 15) is 0 Å². The van der Waals surface area contributed by atoms with E-state index in [1.165, 1.54) is 39.2 Å². The summed E-state index contributed by atoms with van der Waals surface area (Å²) in [6, 6.07) is 10.8. The maximum Gasteiger partial charge on any atom is 0.0588 e. The molecule has 0 spiro atoms. The molecule has 3 rings (SSSR count). The Kier molecular flexibility index (Phi) is 3.14. The summed E-state index contributed by atoms with van der Waals surface area (Å²) < 4.78 is 1.17. The van der Waals surface area contributed by atoms with Crippen molar-refractivity contribution in [1.82, 2.24) is 0 Å². The standard InChI is InChI=1S/C15H14BrCl/c16-14-9-13-11(6-3-4-8-15(13)17)10-5-1-2-7-12(10)14/h1-2,5,7,9,15H,3-4,6,8H2. The first-order valence-corrected chi connectivity index (χ1v) is 7.34. The van der Waals surface area contributed by atoms with E-state index in [0.29, 0.717) is 0 Å². The summed E-state index contributed by atoms with van der Waals surface area (Å²) in [6.45, 7) is 0. The van der Waals surface area contributed by atoms with Crippen LogP contribution in [0.25, 0.3) is 10.8 Å². The van der Waals surface area contributed by atoms with E-state index in [1.54, 1.807) is 0 Å². The number of hydrogen-bond donors (Lipinski definition) is 0. The molecule has 0 nitrogen and oxygen atoms in total. The number of hydrogen-bond acceptors (Lipinski definition) is 0. The predicted molar refractivity (Wildman–Crippen MR) is 77.8 cm³/mol. The van der Waals surface area contributed by atoms with Gasteiger partial charge in [-0.05, 0) is 47.2 Å². The van der Waals surface area contributed by atoms with Gasteiger partial charge in [-0.3, -0.25) is 0 Å². The van der Waals surface area contributed by atoms with E-state index in [2.05, 4.69) is 46.3 Å². The minimum Gasteiger partial charge on any atom is -0.118 e. The Morgan fingerprint density at radius 1 is 1.12 bits per heavy atom. The van der Waals surface area contributed by atoms with Gasteiger partial charge in [-0.1, -0.05) is 46.6 Å². The first kappa shape index (κ1) is 11.6. The molecule has 17 heavy (non-hydrogen) atoms. The molecule has 1 unspecified atom stereocenters. The number of alkyl halides is 1. The molecule has 0 amide bonds. The normalized spacial score (nSPS) is 20.0. The maximum absolute atomic E-state index is 6.50. The number of rotatable bonds is 0. The highest BCUT2D eigenvalue weighted by molar-refractivity contribution is 9.10. The lowest BCUT2D eigenvalue weighted by Crippen LogP contribution is -1.96. The van der Waals surface area contributed by atoms with Crippen molar-refractivity contribution in [2.45, 2.75) is 31.1 Å². The van der Waals surface area contributed by atoms with Gasteiger partial charge in [0.1, 0.15) is 0 Å². The van der Waals surface area contributed by atoms with Crippen LogP contribution < -0.4 is 0 Å². The number of benzene rings is 2. The van der Waals surface area contributed by atoms with Gasteiger partial charge in [0.25, 0.3) is 0 Å². The van der Waals surface area contributed by atoms with Gasteiger partial charge >= 0.3 is 0 Å². The van der Waals surface area contributed by atoms with E-state index < -0.39 is 0 Å². The summed E-state index contributed by atoms with van der Waals surface area (Å²) in [5, 5.41) is 2.84. The van der Waals surface area contributed by atoms with Gasteiger partial charge < -0.3 is 0 Å². The lowest BCUT2D eigenvalue weighted by atomic mass is 9.95. The van der Waals surface area contributed by atoms with Gasteiger partial charge in [-0.2, -0.15) is 0 Å². The zero-order chi connectivity index (χ0) is 11.8. The highest BCUT2D eigenvalue weighted by Gasteiger charge is 2.19. The van der Waals surface area contributed by atoms with Gasteiger partial charge in [0.2, 0.25) is 0 Å². The molecular weight excluding hydrogens is 296 g/mol. The molecule has 0 radical (unpaired) electrons. The Morgan fingerprint density at radius 3 is 2.71 bits per heavy atom. The van der Waals surface area contributed by atoms with Crippen LogP contribution in [0.15, 0.2) is 34.8 Å². The lowest BCUT2D eigenvalue weighted by Gasteiger charge is -2.15. The molecular formula is C15H14BrCl. The molecule has 2 aromatic rings. The smallest absolute Gasteiger partial charge is 0.0588 e. The average molecular weight is 310 g/mol. The number of fused-ring (bicyclic) bond motifs is 3. The Labute approximate surface area is 115 Å². The van der Waals surface area contributed by atoms with Crippen molar-refractivity contribution in [3.05, 3.63) is 45.9 Å². The molecule has 0 aliphatic heterocycles. The van der Waals surface area contributed by atoms with Crippen LogP contribution in [-0.2, 0) is 6.42 Å². The Morgan fingerprint density at radius 2 is 1.88 bits per heavy atom. The summed E-state index contributed by atoms with van der Waals surface area (Å²) in [4.78, 5) is 0. The fourth-order valence-electron chi connectivity index (χ4n) is 2.75. The summed E-state index contributed by atoms with van der Waals surface area (Å²) >= 11 is 10.2. The largest absolute Gasteiger partial charge is 0.118 e.